The van der Waals surface area contributed by atoms with E-state index in [0.717, 1.165) is 13.1 Å². The lowest BCUT2D eigenvalue weighted by Crippen LogP contribution is -2.63. The minimum absolute atomic E-state index is 0.373. The molecule has 16 heavy (non-hydrogen) atoms. The molecule has 1 fully saturated rings. The number of allylic oxidation sites excluding steroid dienone is 1. The van der Waals surface area contributed by atoms with Gasteiger partial charge in [0.05, 0.1) is 0 Å². The fourth-order valence-corrected chi connectivity index (χ4v) is 2.57. The van der Waals surface area contributed by atoms with Crippen molar-refractivity contribution in [1.29, 1.82) is 0 Å². The van der Waals surface area contributed by atoms with Gasteiger partial charge in [0.2, 0.25) is 0 Å². The van der Waals surface area contributed by atoms with Crippen molar-refractivity contribution in [2.24, 2.45) is 0 Å². The number of nitrogens with zero attached hydrogens (tertiary/aromatic N) is 1. The molecule has 0 bridgehead atoms. The van der Waals surface area contributed by atoms with Gasteiger partial charge >= 0.3 is 0 Å². The SMILES string of the molecule is CCC1(CC)CNC(C)CN1CC=C(C)C. The highest BCUT2D eigenvalue weighted by Gasteiger charge is 2.36. The Morgan fingerprint density at radius 1 is 1.38 bits per heavy atom. The Bertz CT molecular complexity index is 237. The summed E-state index contributed by atoms with van der Waals surface area (Å²) in [5.41, 5.74) is 1.80. The highest BCUT2D eigenvalue weighted by Crippen LogP contribution is 2.26. The van der Waals surface area contributed by atoms with Gasteiger partial charge in [-0.1, -0.05) is 25.5 Å². The minimum atomic E-state index is 0.373. The summed E-state index contributed by atoms with van der Waals surface area (Å²) in [6.45, 7) is 14.7. The molecule has 0 aromatic carbocycles. The number of hydrogen-bond donors (Lipinski definition) is 1. The van der Waals surface area contributed by atoms with E-state index in [9.17, 15) is 0 Å². The van der Waals surface area contributed by atoms with Gasteiger partial charge in [0, 0.05) is 31.2 Å². The molecule has 0 aliphatic carbocycles. The Labute approximate surface area is 101 Å². The molecular formula is C14H28N2. The third kappa shape index (κ3) is 3.08. The first-order valence-corrected chi connectivity index (χ1v) is 6.66. The summed E-state index contributed by atoms with van der Waals surface area (Å²) >= 11 is 0. The highest BCUT2D eigenvalue weighted by molar-refractivity contribution is 5.02. The third-order valence-electron chi connectivity index (χ3n) is 3.98. The van der Waals surface area contributed by atoms with Gasteiger partial charge in [-0.25, -0.2) is 0 Å². The standard InChI is InChI=1S/C14H28N2/c1-6-14(7-2)11-15-13(5)10-16(14)9-8-12(3)4/h8,13,15H,6-7,9-11H2,1-5H3. The average Bonchev–Trinajstić information content (AvgIpc) is 2.27. The number of rotatable bonds is 4. The lowest BCUT2D eigenvalue weighted by molar-refractivity contribution is 0.0458. The lowest BCUT2D eigenvalue weighted by atomic mass is 9.87. The van der Waals surface area contributed by atoms with Crippen molar-refractivity contribution < 1.29 is 0 Å². The number of nitrogens with one attached hydrogen (secondary N) is 1. The van der Waals surface area contributed by atoms with Gasteiger partial charge in [-0.3, -0.25) is 4.90 Å². The monoisotopic (exact) mass is 224 g/mol. The van der Waals surface area contributed by atoms with Gasteiger partial charge in [-0.05, 0) is 33.6 Å². The molecule has 0 saturated carbocycles. The fraction of sp³-hybridized carbons (Fsp3) is 0.857. The second-order valence-corrected chi connectivity index (χ2v) is 5.40. The van der Waals surface area contributed by atoms with Crippen molar-refractivity contribution in [2.45, 2.75) is 59.0 Å². The molecule has 1 rings (SSSR count). The Kier molecular flexibility index (Phi) is 5.00. The minimum Gasteiger partial charge on any atom is -0.311 e. The van der Waals surface area contributed by atoms with Crippen molar-refractivity contribution in [3.8, 4) is 0 Å². The second kappa shape index (κ2) is 5.83. The Morgan fingerprint density at radius 2 is 2.00 bits per heavy atom. The molecule has 0 aromatic heterocycles. The van der Waals surface area contributed by atoms with Gasteiger partial charge in [0.25, 0.3) is 0 Å². The zero-order valence-electron chi connectivity index (χ0n) is 11.6. The zero-order valence-corrected chi connectivity index (χ0v) is 11.6. The van der Waals surface area contributed by atoms with Crippen LogP contribution in [0.1, 0.15) is 47.5 Å². The molecule has 0 radical (unpaired) electrons. The molecule has 1 saturated heterocycles. The van der Waals surface area contributed by atoms with E-state index in [2.05, 4.69) is 50.9 Å². The Hall–Kier alpha value is -0.340. The van der Waals surface area contributed by atoms with Gasteiger partial charge in [-0.2, -0.15) is 0 Å². The smallest absolute Gasteiger partial charge is 0.0332 e. The van der Waals surface area contributed by atoms with Crippen LogP contribution in [0.15, 0.2) is 11.6 Å². The van der Waals surface area contributed by atoms with E-state index in [4.69, 9.17) is 0 Å². The summed E-state index contributed by atoms with van der Waals surface area (Å²) in [5.74, 6) is 0. The van der Waals surface area contributed by atoms with Gasteiger partial charge in [0.1, 0.15) is 0 Å². The first kappa shape index (κ1) is 13.7. The molecule has 1 atom stereocenters. The van der Waals surface area contributed by atoms with Crippen LogP contribution in [0.25, 0.3) is 0 Å². The first-order valence-electron chi connectivity index (χ1n) is 6.66. The van der Waals surface area contributed by atoms with Crippen LogP contribution in [-0.4, -0.2) is 36.1 Å². The molecule has 2 nitrogen and oxygen atoms in total. The Balaban J connectivity index is 2.76. The summed E-state index contributed by atoms with van der Waals surface area (Å²) in [7, 11) is 0. The van der Waals surface area contributed by atoms with Crippen molar-refractivity contribution in [3.63, 3.8) is 0 Å². The van der Waals surface area contributed by atoms with E-state index in [1.165, 1.54) is 25.0 Å². The summed E-state index contributed by atoms with van der Waals surface area (Å²) in [5, 5.41) is 3.63. The van der Waals surface area contributed by atoms with Crippen LogP contribution in [0.4, 0.5) is 0 Å². The molecular weight excluding hydrogens is 196 g/mol. The van der Waals surface area contributed by atoms with Crippen molar-refractivity contribution in [3.05, 3.63) is 11.6 Å². The largest absolute Gasteiger partial charge is 0.311 e. The van der Waals surface area contributed by atoms with Crippen LogP contribution in [0.5, 0.6) is 0 Å². The van der Waals surface area contributed by atoms with Gasteiger partial charge in [0.15, 0.2) is 0 Å². The van der Waals surface area contributed by atoms with E-state index in [0.29, 0.717) is 11.6 Å². The molecule has 1 N–H and O–H groups in total. The predicted octanol–water partition coefficient (Wildman–Crippen LogP) is 2.81. The molecule has 2 heteroatoms. The van der Waals surface area contributed by atoms with Gasteiger partial charge in [-0.15, -0.1) is 0 Å². The number of hydrogen-bond acceptors (Lipinski definition) is 2. The van der Waals surface area contributed by atoms with Crippen molar-refractivity contribution in [1.82, 2.24) is 10.2 Å². The maximum absolute atomic E-state index is 3.63. The third-order valence-corrected chi connectivity index (χ3v) is 3.98. The lowest BCUT2D eigenvalue weighted by Gasteiger charge is -2.49. The van der Waals surface area contributed by atoms with Gasteiger partial charge < -0.3 is 5.32 Å². The molecule has 1 aliphatic rings. The summed E-state index contributed by atoms with van der Waals surface area (Å²) in [6, 6.07) is 0.622. The normalized spacial score (nSPS) is 25.4. The van der Waals surface area contributed by atoms with Crippen LogP contribution in [0.2, 0.25) is 0 Å². The van der Waals surface area contributed by atoms with Crippen molar-refractivity contribution >= 4 is 0 Å². The summed E-state index contributed by atoms with van der Waals surface area (Å²) in [4.78, 5) is 2.67. The van der Waals surface area contributed by atoms with E-state index in [1.807, 2.05) is 0 Å². The molecule has 94 valence electrons. The van der Waals surface area contributed by atoms with E-state index in [1.54, 1.807) is 0 Å². The van der Waals surface area contributed by atoms with Crippen molar-refractivity contribution in [2.75, 3.05) is 19.6 Å². The first-order chi connectivity index (χ1) is 7.54. The molecule has 0 aromatic rings. The molecule has 0 spiro atoms. The van der Waals surface area contributed by atoms with Crippen LogP contribution in [0, 0.1) is 0 Å². The maximum Gasteiger partial charge on any atom is 0.0332 e. The van der Waals surface area contributed by atoms with Crippen LogP contribution in [0.3, 0.4) is 0 Å². The van der Waals surface area contributed by atoms with E-state index >= 15 is 0 Å². The topological polar surface area (TPSA) is 15.3 Å². The van der Waals surface area contributed by atoms with Crippen LogP contribution in [-0.2, 0) is 0 Å². The number of piperazine rings is 1. The maximum atomic E-state index is 3.63. The van der Waals surface area contributed by atoms with Crippen LogP contribution >= 0.6 is 0 Å². The fourth-order valence-electron chi connectivity index (χ4n) is 2.57. The van der Waals surface area contributed by atoms with E-state index < -0.39 is 0 Å². The summed E-state index contributed by atoms with van der Waals surface area (Å²) < 4.78 is 0. The molecule has 0 amide bonds. The molecule has 1 aliphatic heterocycles. The second-order valence-electron chi connectivity index (χ2n) is 5.40. The quantitative estimate of drug-likeness (QED) is 0.739. The Morgan fingerprint density at radius 3 is 2.50 bits per heavy atom. The molecule has 1 heterocycles. The molecule has 1 unspecified atom stereocenters. The van der Waals surface area contributed by atoms with Crippen LogP contribution < -0.4 is 5.32 Å². The predicted molar refractivity (Wildman–Crippen MR) is 71.8 cm³/mol. The van der Waals surface area contributed by atoms with E-state index in [-0.39, 0.29) is 0 Å². The average molecular weight is 224 g/mol. The summed E-state index contributed by atoms with van der Waals surface area (Å²) in [6.07, 6.45) is 4.83. The zero-order chi connectivity index (χ0) is 12.2. The highest BCUT2D eigenvalue weighted by atomic mass is 15.3.